The molecule has 1 aliphatic carbocycles. The molecule has 0 spiro atoms. The molecule has 1 aliphatic heterocycles. The Morgan fingerprint density at radius 2 is 2.03 bits per heavy atom. The van der Waals surface area contributed by atoms with Crippen molar-refractivity contribution in [3.8, 4) is 6.07 Å². The lowest BCUT2D eigenvalue weighted by atomic mass is 10.1. The molecular formula is C29H35ClN6O3. The highest BCUT2D eigenvalue weighted by atomic mass is 35.5. The van der Waals surface area contributed by atoms with E-state index >= 15 is 0 Å². The van der Waals surface area contributed by atoms with Gasteiger partial charge in [-0.15, -0.1) is 0 Å². The highest BCUT2D eigenvalue weighted by Crippen LogP contribution is 2.34. The first-order valence-electron chi connectivity index (χ1n) is 13.0. The average Bonchev–Trinajstić information content (AvgIpc) is 3.51. The van der Waals surface area contributed by atoms with Crippen molar-refractivity contribution in [2.75, 3.05) is 26.0 Å². The number of aromatic nitrogens is 2. The summed E-state index contributed by atoms with van der Waals surface area (Å²) in [5, 5.41) is 13.3. The topological polar surface area (TPSA) is 122 Å². The number of carbonyl (C=O) groups is 3. The number of anilines is 1. The molecule has 3 heterocycles. The maximum atomic E-state index is 12.4. The summed E-state index contributed by atoms with van der Waals surface area (Å²) in [6.07, 6.45) is 9.17. The van der Waals surface area contributed by atoms with Crippen LogP contribution in [0.25, 0.3) is 10.9 Å². The van der Waals surface area contributed by atoms with Crippen molar-refractivity contribution < 1.29 is 14.4 Å². The number of fused-ring (bicyclic) bond motifs is 1. The van der Waals surface area contributed by atoms with Gasteiger partial charge in [-0.1, -0.05) is 24.4 Å². The van der Waals surface area contributed by atoms with Crippen LogP contribution in [0.5, 0.6) is 0 Å². The molecule has 9 nitrogen and oxygen atoms in total. The van der Waals surface area contributed by atoms with Crippen LogP contribution in [-0.4, -0.2) is 71.1 Å². The fraction of sp³-hybridized carbons (Fsp3) is 0.414. The number of halogens is 1. The van der Waals surface area contributed by atoms with Crippen LogP contribution in [-0.2, 0) is 9.59 Å². The zero-order valence-electron chi connectivity index (χ0n) is 22.5. The molecule has 1 aromatic carbocycles. The highest BCUT2D eigenvalue weighted by molar-refractivity contribution is 6.30. The zero-order valence-corrected chi connectivity index (χ0v) is 23.3. The molecule has 0 radical (unpaired) electrons. The molecule has 39 heavy (non-hydrogen) atoms. The quantitative estimate of drug-likeness (QED) is 0.409. The van der Waals surface area contributed by atoms with Crippen molar-refractivity contribution in [2.24, 2.45) is 11.8 Å². The summed E-state index contributed by atoms with van der Waals surface area (Å²) in [5.74, 6) is 0.742. The summed E-state index contributed by atoms with van der Waals surface area (Å²) in [7, 11) is 3.77. The smallest absolute Gasteiger partial charge is 0.270 e. The second-order valence-corrected chi connectivity index (χ2v) is 10.4. The summed E-state index contributed by atoms with van der Waals surface area (Å²) in [6, 6.07) is 13.2. The lowest BCUT2D eigenvalue weighted by Crippen LogP contribution is -2.35. The zero-order chi connectivity index (χ0) is 28.4. The Kier molecular flexibility index (Phi) is 10.9. The number of amides is 2. The van der Waals surface area contributed by atoms with Crippen molar-refractivity contribution in [2.45, 2.75) is 44.7 Å². The summed E-state index contributed by atoms with van der Waals surface area (Å²) in [6.45, 7) is 2.52. The predicted molar refractivity (Wildman–Crippen MR) is 152 cm³/mol. The van der Waals surface area contributed by atoms with Crippen LogP contribution in [0.2, 0.25) is 5.02 Å². The van der Waals surface area contributed by atoms with Gasteiger partial charge in [0.1, 0.15) is 18.0 Å². The van der Waals surface area contributed by atoms with E-state index in [-0.39, 0.29) is 11.8 Å². The number of nitrogens with zero attached hydrogens (tertiary/aromatic N) is 4. The Morgan fingerprint density at radius 3 is 2.56 bits per heavy atom. The number of rotatable bonds is 7. The molecule has 1 saturated heterocycles. The van der Waals surface area contributed by atoms with Gasteiger partial charge in [0.2, 0.25) is 6.41 Å². The first-order valence-corrected chi connectivity index (χ1v) is 13.4. The SMILES string of the molecule is CC(CC1CC1)N(C)C(=O)c1cc2cnccc2[nH]1.CNc1ccc(Cl)cc1.N#CC1CC(C=O)CN1C=O. The van der Waals surface area contributed by atoms with Gasteiger partial charge in [-0.05, 0) is 62.1 Å². The molecular weight excluding hydrogens is 516 g/mol. The molecule has 10 heteroatoms. The second kappa shape index (κ2) is 14.3. The third-order valence-electron chi connectivity index (χ3n) is 6.99. The molecule has 2 amide bonds. The third kappa shape index (κ3) is 8.55. The number of nitriles is 1. The first kappa shape index (κ1) is 29.7. The number of hydrogen-bond acceptors (Lipinski definition) is 6. The van der Waals surface area contributed by atoms with Gasteiger partial charge in [-0.3, -0.25) is 14.6 Å². The number of pyridine rings is 1. The van der Waals surface area contributed by atoms with Crippen LogP contribution in [0.4, 0.5) is 5.69 Å². The average molecular weight is 551 g/mol. The van der Waals surface area contributed by atoms with Gasteiger partial charge in [0.15, 0.2) is 0 Å². The molecule has 2 aliphatic rings. The van der Waals surface area contributed by atoms with E-state index in [4.69, 9.17) is 16.9 Å². The van der Waals surface area contributed by atoms with E-state index in [0.29, 0.717) is 31.1 Å². The van der Waals surface area contributed by atoms with Gasteiger partial charge in [0.25, 0.3) is 5.91 Å². The number of aldehydes is 1. The standard InChI is InChI=1S/C15H19N3O.C7H8ClN.C7H8N2O2/c1-10(7-11-3-4-11)18(2)15(19)14-8-12-9-16-6-5-13(12)17-14;1-9-7-4-2-6(8)3-5-7;8-2-7-1-6(4-10)3-9(7)5-11/h5-6,8-11,17H,3-4,7H2,1-2H3;2-5,9H,1H3;4-7H,1,3H2. The minimum atomic E-state index is -0.400. The number of hydrogen-bond donors (Lipinski definition) is 2. The number of H-pyrrole nitrogens is 1. The molecule has 0 bridgehead atoms. The highest BCUT2D eigenvalue weighted by Gasteiger charge is 2.30. The van der Waals surface area contributed by atoms with Gasteiger partial charge in [-0.25, -0.2) is 0 Å². The fourth-order valence-electron chi connectivity index (χ4n) is 4.32. The van der Waals surface area contributed by atoms with E-state index in [1.165, 1.54) is 17.7 Å². The molecule has 3 atom stereocenters. The van der Waals surface area contributed by atoms with Crippen molar-refractivity contribution >= 4 is 46.8 Å². The van der Waals surface area contributed by atoms with Crippen molar-refractivity contribution in [3.63, 3.8) is 0 Å². The number of carbonyl (C=O) groups excluding carboxylic acids is 3. The maximum Gasteiger partial charge on any atom is 0.270 e. The van der Waals surface area contributed by atoms with Gasteiger partial charge in [-0.2, -0.15) is 5.26 Å². The van der Waals surface area contributed by atoms with Crippen LogP contribution < -0.4 is 5.32 Å². The molecule has 1 saturated carbocycles. The normalized spacial score (nSPS) is 18.5. The lowest BCUT2D eigenvalue weighted by Gasteiger charge is -2.24. The minimum absolute atomic E-state index is 0.0596. The van der Waals surface area contributed by atoms with Crippen LogP contribution in [0.15, 0.2) is 48.8 Å². The number of benzene rings is 1. The molecule has 3 unspecified atom stereocenters. The van der Waals surface area contributed by atoms with E-state index < -0.39 is 6.04 Å². The Bertz CT molecular complexity index is 1250. The van der Waals surface area contributed by atoms with E-state index in [0.717, 1.165) is 40.2 Å². The van der Waals surface area contributed by atoms with E-state index in [1.807, 2.05) is 61.5 Å². The van der Waals surface area contributed by atoms with Crippen molar-refractivity contribution in [1.29, 1.82) is 5.26 Å². The van der Waals surface area contributed by atoms with Crippen LogP contribution in [0, 0.1) is 23.2 Å². The number of nitrogens with one attached hydrogen (secondary N) is 2. The third-order valence-corrected chi connectivity index (χ3v) is 7.24. The number of aromatic amines is 1. The second-order valence-electron chi connectivity index (χ2n) is 9.93. The summed E-state index contributed by atoms with van der Waals surface area (Å²) in [4.78, 5) is 43.4. The largest absolute Gasteiger partial charge is 0.388 e. The summed E-state index contributed by atoms with van der Waals surface area (Å²) < 4.78 is 0. The Balaban J connectivity index is 0.000000179. The molecule has 206 valence electrons. The molecule has 2 fully saturated rings. The minimum Gasteiger partial charge on any atom is -0.388 e. The Labute approximate surface area is 234 Å². The fourth-order valence-corrected chi connectivity index (χ4v) is 4.45. The van der Waals surface area contributed by atoms with E-state index in [9.17, 15) is 14.4 Å². The van der Waals surface area contributed by atoms with Gasteiger partial charge in [0.05, 0.1) is 6.07 Å². The van der Waals surface area contributed by atoms with Crippen LogP contribution in [0.3, 0.4) is 0 Å². The van der Waals surface area contributed by atoms with E-state index in [2.05, 4.69) is 22.2 Å². The van der Waals surface area contributed by atoms with Gasteiger partial charge < -0.3 is 24.9 Å². The molecule has 2 N–H and O–H groups in total. The summed E-state index contributed by atoms with van der Waals surface area (Å²) >= 11 is 5.64. The maximum absolute atomic E-state index is 12.4. The molecule has 5 rings (SSSR count). The monoisotopic (exact) mass is 550 g/mol. The lowest BCUT2D eigenvalue weighted by molar-refractivity contribution is -0.118. The summed E-state index contributed by atoms with van der Waals surface area (Å²) in [5.41, 5.74) is 2.69. The van der Waals surface area contributed by atoms with Crippen LogP contribution in [0.1, 0.15) is 43.1 Å². The van der Waals surface area contributed by atoms with Crippen LogP contribution >= 0.6 is 11.6 Å². The van der Waals surface area contributed by atoms with Gasteiger partial charge >= 0.3 is 0 Å². The first-order chi connectivity index (χ1) is 18.8. The molecule has 2 aromatic heterocycles. The van der Waals surface area contributed by atoms with Gasteiger partial charge in [0, 0.05) is 66.6 Å². The van der Waals surface area contributed by atoms with E-state index in [1.54, 1.807) is 12.4 Å². The Morgan fingerprint density at radius 1 is 1.31 bits per heavy atom. The Hall–Kier alpha value is -3.90. The van der Waals surface area contributed by atoms with Crippen molar-refractivity contribution in [3.05, 3.63) is 59.5 Å². The molecule has 3 aromatic rings. The van der Waals surface area contributed by atoms with Crippen molar-refractivity contribution in [1.82, 2.24) is 19.8 Å². The predicted octanol–water partition coefficient (Wildman–Crippen LogP) is 4.76. The number of likely N-dealkylation sites (tertiary alicyclic amines) is 1.